The van der Waals surface area contributed by atoms with Crippen molar-refractivity contribution in [2.24, 2.45) is 0 Å². The van der Waals surface area contributed by atoms with Crippen molar-refractivity contribution >= 4 is 23.2 Å². The topological polar surface area (TPSA) is 78.0 Å². The van der Waals surface area contributed by atoms with Crippen molar-refractivity contribution in [3.05, 3.63) is 59.1 Å². The van der Waals surface area contributed by atoms with Crippen LogP contribution in [0.3, 0.4) is 0 Å². The van der Waals surface area contributed by atoms with Gasteiger partial charge in [0.05, 0.1) is 0 Å². The molecular weight excluding hydrogens is 352 g/mol. The number of carbonyl (C=O) groups excluding carboxylic acids is 1. The molecule has 0 aliphatic carbocycles. The van der Waals surface area contributed by atoms with Crippen molar-refractivity contribution in [1.82, 2.24) is 25.5 Å². The van der Waals surface area contributed by atoms with Gasteiger partial charge in [-0.2, -0.15) is 5.21 Å². The summed E-state index contributed by atoms with van der Waals surface area (Å²) in [6.07, 6.45) is 0. The number of H-pyrrole nitrogens is 1. The highest BCUT2D eigenvalue weighted by Gasteiger charge is 2.22. The third kappa shape index (κ3) is 3.39. The van der Waals surface area contributed by atoms with Gasteiger partial charge in [-0.3, -0.25) is 4.79 Å². The second kappa shape index (κ2) is 7.13. The second-order valence-corrected chi connectivity index (χ2v) is 6.51. The van der Waals surface area contributed by atoms with Gasteiger partial charge in [-0.05, 0) is 35.5 Å². The number of hydrogen-bond acceptors (Lipinski definition) is 5. The van der Waals surface area contributed by atoms with Gasteiger partial charge in [0, 0.05) is 48.0 Å². The number of rotatable bonds is 3. The first kappa shape index (κ1) is 16.5. The Morgan fingerprint density at radius 2 is 1.81 bits per heavy atom. The smallest absolute Gasteiger partial charge is 0.253 e. The van der Waals surface area contributed by atoms with E-state index in [0.717, 1.165) is 29.4 Å². The Kier molecular flexibility index (Phi) is 4.53. The summed E-state index contributed by atoms with van der Waals surface area (Å²) in [6.45, 7) is 2.93. The van der Waals surface area contributed by atoms with Gasteiger partial charge in [0.1, 0.15) is 0 Å². The second-order valence-electron chi connectivity index (χ2n) is 6.07. The molecule has 1 saturated heterocycles. The third-order valence-corrected chi connectivity index (χ3v) is 4.71. The molecule has 0 radical (unpaired) electrons. The maximum absolute atomic E-state index is 12.7. The van der Waals surface area contributed by atoms with E-state index in [2.05, 4.69) is 25.5 Å². The van der Waals surface area contributed by atoms with Crippen LogP contribution in [0.2, 0.25) is 5.02 Å². The number of tetrazole rings is 1. The Balaban J connectivity index is 1.40. The highest BCUT2D eigenvalue weighted by molar-refractivity contribution is 6.30. The van der Waals surface area contributed by atoms with E-state index >= 15 is 0 Å². The van der Waals surface area contributed by atoms with E-state index in [4.69, 9.17) is 11.6 Å². The average molecular weight is 369 g/mol. The number of amides is 1. The maximum Gasteiger partial charge on any atom is 0.253 e. The van der Waals surface area contributed by atoms with E-state index in [-0.39, 0.29) is 5.91 Å². The van der Waals surface area contributed by atoms with Gasteiger partial charge in [-0.25, -0.2) is 0 Å². The predicted molar refractivity (Wildman–Crippen MR) is 99.2 cm³/mol. The van der Waals surface area contributed by atoms with Crippen molar-refractivity contribution in [3.8, 4) is 11.4 Å². The molecule has 2 heterocycles. The number of nitrogens with one attached hydrogen (secondary N) is 1. The standard InChI is InChI=1S/C18H17ClN6O/c19-15-2-1-3-16(12-15)24-8-10-25(11-9-24)18(26)14-6-4-13(5-7-14)17-20-22-23-21-17/h1-7,12H,8-11H2,(H,20,21,22,23). The van der Waals surface area contributed by atoms with E-state index in [1.54, 1.807) is 12.1 Å². The number of piperazine rings is 1. The third-order valence-electron chi connectivity index (χ3n) is 4.48. The Morgan fingerprint density at radius 1 is 1.04 bits per heavy atom. The Morgan fingerprint density at radius 3 is 2.46 bits per heavy atom. The summed E-state index contributed by atoms with van der Waals surface area (Å²) in [6, 6.07) is 15.1. The number of hydrogen-bond donors (Lipinski definition) is 1. The number of nitrogens with zero attached hydrogens (tertiary/aromatic N) is 5. The minimum atomic E-state index is 0.0374. The minimum Gasteiger partial charge on any atom is -0.368 e. The Hall–Kier alpha value is -2.93. The fraction of sp³-hybridized carbons (Fsp3) is 0.222. The van der Waals surface area contributed by atoms with Crippen LogP contribution in [0.15, 0.2) is 48.5 Å². The molecule has 1 fully saturated rings. The van der Waals surface area contributed by atoms with Crippen LogP contribution in [0.4, 0.5) is 5.69 Å². The summed E-state index contributed by atoms with van der Waals surface area (Å²) >= 11 is 6.07. The summed E-state index contributed by atoms with van der Waals surface area (Å²) in [5, 5.41) is 14.6. The van der Waals surface area contributed by atoms with Crippen molar-refractivity contribution in [1.29, 1.82) is 0 Å². The molecule has 4 rings (SSSR count). The first-order chi connectivity index (χ1) is 12.7. The first-order valence-electron chi connectivity index (χ1n) is 8.34. The molecule has 1 N–H and O–H groups in total. The average Bonchev–Trinajstić information content (AvgIpc) is 3.23. The van der Waals surface area contributed by atoms with E-state index in [0.29, 0.717) is 24.5 Å². The molecule has 0 spiro atoms. The molecule has 1 aliphatic heterocycles. The Labute approximate surface area is 155 Å². The van der Waals surface area contributed by atoms with Crippen molar-refractivity contribution in [2.75, 3.05) is 31.1 Å². The monoisotopic (exact) mass is 368 g/mol. The molecule has 1 amide bonds. The molecule has 0 atom stereocenters. The first-order valence-corrected chi connectivity index (χ1v) is 8.72. The molecule has 132 valence electrons. The molecule has 1 aromatic heterocycles. The molecule has 3 aromatic rings. The zero-order chi connectivity index (χ0) is 17.9. The van der Waals surface area contributed by atoms with Gasteiger partial charge < -0.3 is 9.80 Å². The fourth-order valence-electron chi connectivity index (χ4n) is 3.07. The van der Waals surface area contributed by atoms with Crippen LogP contribution in [-0.4, -0.2) is 57.6 Å². The van der Waals surface area contributed by atoms with Crippen LogP contribution in [0, 0.1) is 0 Å². The summed E-state index contributed by atoms with van der Waals surface area (Å²) < 4.78 is 0. The number of benzene rings is 2. The van der Waals surface area contributed by atoms with Crippen LogP contribution in [0.1, 0.15) is 10.4 Å². The van der Waals surface area contributed by atoms with E-state index in [9.17, 15) is 4.79 Å². The van der Waals surface area contributed by atoms with Crippen LogP contribution < -0.4 is 4.90 Å². The van der Waals surface area contributed by atoms with Gasteiger partial charge >= 0.3 is 0 Å². The van der Waals surface area contributed by atoms with Crippen LogP contribution in [0.5, 0.6) is 0 Å². The van der Waals surface area contributed by atoms with E-state index < -0.39 is 0 Å². The molecule has 7 nitrogen and oxygen atoms in total. The lowest BCUT2D eigenvalue weighted by molar-refractivity contribution is 0.0747. The van der Waals surface area contributed by atoms with Gasteiger partial charge in [0.25, 0.3) is 5.91 Å². The highest BCUT2D eigenvalue weighted by atomic mass is 35.5. The van der Waals surface area contributed by atoms with Crippen LogP contribution in [-0.2, 0) is 0 Å². The number of halogens is 1. The number of anilines is 1. The van der Waals surface area contributed by atoms with E-state index in [1.807, 2.05) is 41.3 Å². The van der Waals surface area contributed by atoms with Gasteiger partial charge in [-0.15, -0.1) is 10.2 Å². The lowest BCUT2D eigenvalue weighted by Gasteiger charge is -2.36. The number of aromatic amines is 1. The highest BCUT2D eigenvalue weighted by Crippen LogP contribution is 2.21. The van der Waals surface area contributed by atoms with Crippen molar-refractivity contribution in [3.63, 3.8) is 0 Å². The molecule has 1 aliphatic rings. The summed E-state index contributed by atoms with van der Waals surface area (Å²) in [5.74, 6) is 0.551. The normalized spacial score (nSPS) is 14.5. The van der Waals surface area contributed by atoms with Crippen LogP contribution in [0.25, 0.3) is 11.4 Å². The molecule has 2 aromatic carbocycles. The molecule has 8 heteroatoms. The number of carbonyl (C=O) groups is 1. The van der Waals surface area contributed by atoms with Gasteiger partial charge in [0.2, 0.25) is 5.82 Å². The summed E-state index contributed by atoms with van der Waals surface area (Å²) in [4.78, 5) is 16.9. The zero-order valence-electron chi connectivity index (χ0n) is 14.0. The fourth-order valence-corrected chi connectivity index (χ4v) is 3.25. The summed E-state index contributed by atoms with van der Waals surface area (Å²) in [5.41, 5.74) is 2.57. The molecule has 0 saturated carbocycles. The lowest BCUT2D eigenvalue weighted by Crippen LogP contribution is -2.48. The van der Waals surface area contributed by atoms with Crippen molar-refractivity contribution < 1.29 is 4.79 Å². The van der Waals surface area contributed by atoms with Crippen LogP contribution >= 0.6 is 11.6 Å². The quantitative estimate of drug-likeness (QED) is 0.768. The lowest BCUT2D eigenvalue weighted by atomic mass is 10.1. The molecule has 0 bridgehead atoms. The largest absolute Gasteiger partial charge is 0.368 e. The SMILES string of the molecule is O=C(c1ccc(-c2nn[nH]n2)cc1)N1CCN(c2cccc(Cl)c2)CC1. The van der Waals surface area contributed by atoms with Gasteiger partial charge in [0.15, 0.2) is 0 Å². The molecule has 26 heavy (non-hydrogen) atoms. The Bertz CT molecular complexity index is 888. The summed E-state index contributed by atoms with van der Waals surface area (Å²) in [7, 11) is 0. The van der Waals surface area contributed by atoms with E-state index in [1.165, 1.54) is 0 Å². The number of aromatic nitrogens is 4. The predicted octanol–water partition coefficient (Wildman–Crippen LogP) is 2.48. The zero-order valence-corrected chi connectivity index (χ0v) is 14.7. The van der Waals surface area contributed by atoms with Crippen molar-refractivity contribution in [2.45, 2.75) is 0 Å². The molecular formula is C18H17ClN6O. The molecule has 0 unspecified atom stereocenters. The maximum atomic E-state index is 12.7. The minimum absolute atomic E-state index is 0.0374. The van der Waals surface area contributed by atoms with Gasteiger partial charge in [-0.1, -0.05) is 29.8 Å².